The van der Waals surface area contributed by atoms with Crippen molar-refractivity contribution in [2.24, 2.45) is 5.73 Å². The summed E-state index contributed by atoms with van der Waals surface area (Å²) in [6, 6.07) is 1.80. The highest BCUT2D eigenvalue weighted by atomic mass is 14.7. The number of aromatic nitrogens is 1. The average Bonchev–Trinajstić information content (AvgIpc) is 2.07. The molecule has 3 nitrogen and oxygen atoms in total. The summed E-state index contributed by atoms with van der Waals surface area (Å²) in [4.78, 5) is 4.06. The van der Waals surface area contributed by atoms with E-state index in [4.69, 9.17) is 11.5 Å². The Labute approximate surface area is 71.8 Å². The third-order valence-corrected chi connectivity index (χ3v) is 1.43. The molecule has 0 aliphatic heterocycles. The summed E-state index contributed by atoms with van der Waals surface area (Å²) in [6.07, 6.45) is 1.61. The molecule has 0 aliphatic rings. The second kappa shape index (κ2) is 3.74. The van der Waals surface area contributed by atoms with Gasteiger partial charge in [0.25, 0.3) is 0 Å². The fourth-order valence-electron chi connectivity index (χ4n) is 0.822. The molecule has 1 heterocycles. The molecule has 0 saturated heterocycles. The fourth-order valence-corrected chi connectivity index (χ4v) is 0.822. The standard InChI is InChI=1S/C9H11N3/c1-7-8(3-2-4-10)5-9(11)6-12-7/h5-6H,4,10-11H2,1H3. The maximum atomic E-state index is 5.54. The Kier molecular flexibility index (Phi) is 2.67. The van der Waals surface area contributed by atoms with Gasteiger partial charge in [0.2, 0.25) is 0 Å². The second-order valence-corrected chi connectivity index (χ2v) is 2.41. The zero-order valence-corrected chi connectivity index (χ0v) is 6.96. The second-order valence-electron chi connectivity index (χ2n) is 2.41. The molecule has 0 radical (unpaired) electrons. The molecule has 1 rings (SSSR count). The van der Waals surface area contributed by atoms with Crippen molar-refractivity contribution in [1.82, 2.24) is 4.98 Å². The molecular formula is C9H11N3. The number of hydrogen-bond donors (Lipinski definition) is 2. The summed E-state index contributed by atoms with van der Waals surface area (Å²) < 4.78 is 0. The largest absolute Gasteiger partial charge is 0.397 e. The first-order valence-electron chi connectivity index (χ1n) is 3.65. The summed E-state index contributed by atoms with van der Waals surface area (Å²) in [5.41, 5.74) is 13.1. The molecule has 12 heavy (non-hydrogen) atoms. The van der Waals surface area contributed by atoms with Gasteiger partial charge in [0.1, 0.15) is 0 Å². The number of pyridine rings is 1. The molecule has 0 spiro atoms. The smallest absolute Gasteiger partial charge is 0.0555 e. The van der Waals surface area contributed by atoms with Crippen molar-refractivity contribution in [3.8, 4) is 11.8 Å². The van der Waals surface area contributed by atoms with Crippen LogP contribution in [0.15, 0.2) is 12.3 Å². The van der Waals surface area contributed by atoms with E-state index in [0.29, 0.717) is 12.2 Å². The van der Waals surface area contributed by atoms with Gasteiger partial charge in [0, 0.05) is 5.56 Å². The minimum atomic E-state index is 0.355. The van der Waals surface area contributed by atoms with Gasteiger partial charge in [-0.1, -0.05) is 11.8 Å². The van der Waals surface area contributed by atoms with Crippen molar-refractivity contribution in [3.63, 3.8) is 0 Å². The van der Waals surface area contributed by atoms with Crippen LogP contribution in [0.5, 0.6) is 0 Å². The molecule has 1 aromatic heterocycles. The van der Waals surface area contributed by atoms with Crippen molar-refractivity contribution in [2.75, 3.05) is 12.3 Å². The number of aryl methyl sites for hydroxylation is 1. The minimum absolute atomic E-state index is 0.355. The van der Waals surface area contributed by atoms with Gasteiger partial charge in [-0.3, -0.25) is 4.98 Å². The lowest BCUT2D eigenvalue weighted by Crippen LogP contribution is -1.95. The number of nitrogen functional groups attached to an aromatic ring is 1. The lowest BCUT2D eigenvalue weighted by molar-refractivity contribution is 1.19. The maximum absolute atomic E-state index is 5.54. The number of nitrogens with two attached hydrogens (primary N) is 2. The third-order valence-electron chi connectivity index (χ3n) is 1.43. The minimum Gasteiger partial charge on any atom is -0.397 e. The van der Waals surface area contributed by atoms with E-state index in [1.54, 1.807) is 12.3 Å². The normalized spacial score (nSPS) is 8.83. The molecule has 3 heteroatoms. The average molecular weight is 161 g/mol. The van der Waals surface area contributed by atoms with E-state index >= 15 is 0 Å². The topological polar surface area (TPSA) is 64.9 Å². The van der Waals surface area contributed by atoms with Crippen LogP contribution < -0.4 is 11.5 Å². The van der Waals surface area contributed by atoms with Crippen LogP contribution in [0.25, 0.3) is 0 Å². The molecule has 0 atom stereocenters. The van der Waals surface area contributed by atoms with Gasteiger partial charge < -0.3 is 11.5 Å². The summed E-state index contributed by atoms with van der Waals surface area (Å²) >= 11 is 0. The Balaban J connectivity index is 3.05. The van der Waals surface area contributed by atoms with Gasteiger partial charge in [0.05, 0.1) is 24.1 Å². The molecular weight excluding hydrogens is 150 g/mol. The molecule has 0 fully saturated rings. The fraction of sp³-hybridized carbons (Fsp3) is 0.222. The predicted molar refractivity (Wildman–Crippen MR) is 49.3 cm³/mol. The Hall–Kier alpha value is -1.53. The van der Waals surface area contributed by atoms with Crippen molar-refractivity contribution in [2.45, 2.75) is 6.92 Å². The van der Waals surface area contributed by atoms with Crippen molar-refractivity contribution >= 4 is 5.69 Å². The maximum Gasteiger partial charge on any atom is 0.0555 e. The zero-order valence-electron chi connectivity index (χ0n) is 6.96. The highest BCUT2D eigenvalue weighted by Gasteiger charge is 1.94. The summed E-state index contributed by atoms with van der Waals surface area (Å²) in [5.74, 6) is 5.65. The van der Waals surface area contributed by atoms with Crippen LogP contribution >= 0.6 is 0 Å². The van der Waals surface area contributed by atoms with E-state index in [1.807, 2.05) is 6.92 Å². The molecule has 0 aliphatic carbocycles. The Morgan fingerprint density at radius 1 is 1.58 bits per heavy atom. The highest BCUT2D eigenvalue weighted by molar-refractivity contribution is 5.47. The lowest BCUT2D eigenvalue weighted by Gasteiger charge is -1.97. The Morgan fingerprint density at radius 2 is 2.33 bits per heavy atom. The van der Waals surface area contributed by atoms with Crippen LogP contribution in [0.3, 0.4) is 0 Å². The first-order chi connectivity index (χ1) is 5.74. The van der Waals surface area contributed by atoms with Crippen LogP contribution in [0.2, 0.25) is 0 Å². The van der Waals surface area contributed by atoms with Gasteiger partial charge in [-0.15, -0.1) is 0 Å². The number of rotatable bonds is 0. The number of anilines is 1. The van der Waals surface area contributed by atoms with Crippen molar-refractivity contribution in [3.05, 3.63) is 23.5 Å². The van der Waals surface area contributed by atoms with E-state index in [0.717, 1.165) is 11.3 Å². The monoisotopic (exact) mass is 161 g/mol. The highest BCUT2D eigenvalue weighted by Crippen LogP contribution is 2.07. The van der Waals surface area contributed by atoms with Crippen molar-refractivity contribution in [1.29, 1.82) is 0 Å². The summed E-state index contributed by atoms with van der Waals surface area (Å²) in [7, 11) is 0. The third kappa shape index (κ3) is 1.97. The molecule has 0 unspecified atom stereocenters. The van der Waals surface area contributed by atoms with Crippen LogP contribution in [0.4, 0.5) is 5.69 Å². The molecule has 62 valence electrons. The van der Waals surface area contributed by atoms with Gasteiger partial charge in [-0.2, -0.15) is 0 Å². The van der Waals surface area contributed by atoms with E-state index < -0.39 is 0 Å². The molecule has 4 N–H and O–H groups in total. The molecule has 0 bridgehead atoms. The van der Waals surface area contributed by atoms with Gasteiger partial charge in [-0.05, 0) is 13.0 Å². The lowest BCUT2D eigenvalue weighted by atomic mass is 10.2. The first kappa shape index (κ1) is 8.57. The van der Waals surface area contributed by atoms with Gasteiger partial charge in [0.15, 0.2) is 0 Å². The van der Waals surface area contributed by atoms with Crippen LogP contribution in [0.1, 0.15) is 11.3 Å². The molecule has 0 amide bonds. The van der Waals surface area contributed by atoms with E-state index in [2.05, 4.69) is 16.8 Å². The van der Waals surface area contributed by atoms with Crippen LogP contribution in [-0.4, -0.2) is 11.5 Å². The predicted octanol–water partition coefficient (Wildman–Crippen LogP) is 0.282. The van der Waals surface area contributed by atoms with Crippen molar-refractivity contribution < 1.29 is 0 Å². The van der Waals surface area contributed by atoms with E-state index in [1.165, 1.54) is 0 Å². The quantitative estimate of drug-likeness (QED) is 0.537. The van der Waals surface area contributed by atoms with Gasteiger partial charge >= 0.3 is 0 Å². The first-order valence-corrected chi connectivity index (χ1v) is 3.65. The summed E-state index contributed by atoms with van der Waals surface area (Å²) in [5, 5.41) is 0. The SMILES string of the molecule is Cc1ncc(N)cc1C#CCN. The summed E-state index contributed by atoms with van der Waals surface area (Å²) in [6.45, 7) is 2.24. The number of nitrogens with zero attached hydrogens (tertiary/aromatic N) is 1. The van der Waals surface area contributed by atoms with Crippen LogP contribution in [0, 0.1) is 18.8 Å². The number of hydrogen-bond acceptors (Lipinski definition) is 3. The van der Waals surface area contributed by atoms with Crippen LogP contribution in [-0.2, 0) is 0 Å². The molecule has 0 aromatic carbocycles. The van der Waals surface area contributed by atoms with Gasteiger partial charge in [-0.25, -0.2) is 0 Å². The zero-order chi connectivity index (χ0) is 8.97. The van der Waals surface area contributed by atoms with E-state index in [9.17, 15) is 0 Å². The molecule has 1 aromatic rings. The Bertz CT molecular complexity index is 333. The molecule has 0 saturated carbocycles. The Morgan fingerprint density at radius 3 is 3.00 bits per heavy atom. The van der Waals surface area contributed by atoms with E-state index in [-0.39, 0.29) is 0 Å².